The molecule has 0 fully saturated rings. The summed E-state index contributed by atoms with van der Waals surface area (Å²) in [6.45, 7) is 2.26. The number of nitrogen functional groups attached to an aromatic ring is 1. The predicted molar refractivity (Wildman–Crippen MR) is 81.0 cm³/mol. The van der Waals surface area contributed by atoms with E-state index in [1.807, 2.05) is 35.8 Å². The molecule has 2 aromatic carbocycles. The van der Waals surface area contributed by atoms with Crippen LogP contribution in [0.2, 0.25) is 0 Å². The topological polar surface area (TPSA) is 67.7 Å². The van der Waals surface area contributed by atoms with Gasteiger partial charge >= 0.3 is 0 Å². The molecule has 0 bridgehead atoms. The van der Waals surface area contributed by atoms with Crippen LogP contribution in [0.4, 0.5) is 4.39 Å². The van der Waals surface area contributed by atoms with E-state index in [4.69, 9.17) is 11.1 Å². The number of halogens is 1. The first-order valence-electron chi connectivity index (χ1n) is 6.61. The third-order valence-corrected chi connectivity index (χ3v) is 3.54. The van der Waals surface area contributed by atoms with Crippen molar-refractivity contribution in [2.75, 3.05) is 0 Å². The maximum atomic E-state index is 14.4. The van der Waals surface area contributed by atoms with Crippen molar-refractivity contribution >= 4 is 16.9 Å². The number of imidazole rings is 1. The van der Waals surface area contributed by atoms with Crippen molar-refractivity contribution in [1.29, 1.82) is 5.41 Å². The van der Waals surface area contributed by atoms with Crippen LogP contribution in [-0.2, 0) is 6.54 Å². The lowest BCUT2D eigenvalue weighted by Crippen LogP contribution is -2.15. The molecule has 0 aliphatic carbocycles. The summed E-state index contributed by atoms with van der Waals surface area (Å²) in [7, 11) is 0. The van der Waals surface area contributed by atoms with E-state index < -0.39 is 5.82 Å². The van der Waals surface area contributed by atoms with Gasteiger partial charge in [-0.05, 0) is 25.1 Å². The van der Waals surface area contributed by atoms with E-state index in [2.05, 4.69) is 4.98 Å². The maximum absolute atomic E-state index is 14.4. The smallest absolute Gasteiger partial charge is 0.139 e. The predicted octanol–water partition coefficient (Wildman–Crippen LogP) is 2.82. The van der Waals surface area contributed by atoms with Gasteiger partial charge in [0.15, 0.2) is 0 Å². The molecule has 0 atom stereocenters. The molecule has 3 aromatic rings. The quantitative estimate of drug-likeness (QED) is 0.573. The lowest BCUT2D eigenvalue weighted by atomic mass is 10.1. The van der Waals surface area contributed by atoms with Gasteiger partial charge in [-0.3, -0.25) is 5.41 Å². The van der Waals surface area contributed by atoms with Gasteiger partial charge in [0.2, 0.25) is 0 Å². The Hall–Kier alpha value is -2.69. The first-order valence-corrected chi connectivity index (χ1v) is 6.61. The summed E-state index contributed by atoms with van der Waals surface area (Å²) in [4.78, 5) is 4.47. The average Bonchev–Trinajstić information content (AvgIpc) is 2.77. The Labute approximate surface area is 121 Å². The third-order valence-electron chi connectivity index (χ3n) is 3.54. The number of nitrogens with one attached hydrogen (secondary N) is 1. The highest BCUT2D eigenvalue weighted by Gasteiger charge is 2.13. The van der Waals surface area contributed by atoms with Gasteiger partial charge < -0.3 is 10.3 Å². The highest BCUT2D eigenvalue weighted by molar-refractivity contribution is 5.95. The zero-order chi connectivity index (χ0) is 15.0. The van der Waals surface area contributed by atoms with Crippen LogP contribution < -0.4 is 5.73 Å². The first kappa shape index (κ1) is 13.3. The number of nitrogens with zero attached hydrogens (tertiary/aromatic N) is 2. The van der Waals surface area contributed by atoms with Crippen molar-refractivity contribution < 1.29 is 4.39 Å². The first-order chi connectivity index (χ1) is 10.1. The minimum Gasteiger partial charge on any atom is -0.384 e. The molecule has 0 aliphatic heterocycles. The maximum Gasteiger partial charge on any atom is 0.139 e. The summed E-state index contributed by atoms with van der Waals surface area (Å²) < 4.78 is 16.3. The molecule has 1 heterocycles. The number of aryl methyl sites for hydroxylation is 1. The van der Waals surface area contributed by atoms with E-state index >= 15 is 0 Å². The molecular weight excluding hydrogens is 267 g/mol. The summed E-state index contributed by atoms with van der Waals surface area (Å²) in [5.74, 6) is 0.118. The number of hydrogen-bond donors (Lipinski definition) is 2. The average molecular weight is 282 g/mol. The van der Waals surface area contributed by atoms with Crippen molar-refractivity contribution in [3.63, 3.8) is 0 Å². The molecular formula is C16H15FN4. The van der Waals surface area contributed by atoms with Crippen LogP contribution in [-0.4, -0.2) is 15.4 Å². The molecule has 106 valence electrons. The minimum atomic E-state index is -0.442. The van der Waals surface area contributed by atoms with Crippen LogP contribution in [0.3, 0.4) is 0 Å². The molecule has 0 saturated heterocycles. The van der Waals surface area contributed by atoms with E-state index in [-0.39, 0.29) is 11.4 Å². The number of rotatable bonds is 3. The van der Waals surface area contributed by atoms with E-state index in [1.165, 1.54) is 6.07 Å². The molecule has 0 unspecified atom stereocenters. The largest absolute Gasteiger partial charge is 0.384 e. The van der Waals surface area contributed by atoms with Gasteiger partial charge in [0.25, 0.3) is 0 Å². The highest BCUT2D eigenvalue weighted by Crippen LogP contribution is 2.20. The van der Waals surface area contributed by atoms with Crippen LogP contribution in [0.25, 0.3) is 11.0 Å². The molecule has 21 heavy (non-hydrogen) atoms. The van der Waals surface area contributed by atoms with Crippen LogP contribution in [0.15, 0.2) is 42.5 Å². The van der Waals surface area contributed by atoms with Gasteiger partial charge in [0, 0.05) is 5.56 Å². The lowest BCUT2D eigenvalue weighted by molar-refractivity contribution is 0.597. The van der Waals surface area contributed by atoms with E-state index in [1.54, 1.807) is 12.1 Å². The second-order valence-electron chi connectivity index (χ2n) is 4.93. The number of benzene rings is 2. The van der Waals surface area contributed by atoms with Gasteiger partial charge in [0.1, 0.15) is 17.5 Å². The summed E-state index contributed by atoms with van der Waals surface area (Å²) in [6.07, 6.45) is 0. The Bertz CT molecular complexity index is 835. The molecule has 4 nitrogen and oxygen atoms in total. The number of hydrogen-bond acceptors (Lipinski definition) is 2. The fourth-order valence-electron chi connectivity index (χ4n) is 2.48. The molecule has 3 rings (SSSR count). The number of aromatic nitrogens is 2. The summed E-state index contributed by atoms with van der Waals surface area (Å²) in [5.41, 5.74) is 7.88. The van der Waals surface area contributed by atoms with Gasteiger partial charge in [-0.1, -0.05) is 24.3 Å². The molecule has 0 saturated carbocycles. The third kappa shape index (κ3) is 2.27. The number of fused-ring (bicyclic) bond motifs is 1. The number of nitrogens with two attached hydrogens (primary N) is 1. The monoisotopic (exact) mass is 282 g/mol. The Morgan fingerprint density at radius 1 is 1.24 bits per heavy atom. The van der Waals surface area contributed by atoms with Crippen molar-refractivity contribution in [2.45, 2.75) is 13.5 Å². The molecule has 0 amide bonds. The van der Waals surface area contributed by atoms with Gasteiger partial charge in [-0.25, -0.2) is 9.37 Å². The summed E-state index contributed by atoms with van der Waals surface area (Å²) in [6, 6.07) is 12.7. The summed E-state index contributed by atoms with van der Waals surface area (Å²) >= 11 is 0. The molecule has 0 spiro atoms. The SMILES string of the molecule is Cc1nc2ccccc2n1Cc1cccc(C(=N)N)c1F. The lowest BCUT2D eigenvalue weighted by Gasteiger charge is -2.10. The summed E-state index contributed by atoms with van der Waals surface area (Å²) in [5, 5.41) is 7.41. The standard InChI is InChI=1S/C16H15FN4/c1-10-20-13-7-2-3-8-14(13)21(10)9-11-5-4-6-12(15(11)17)16(18)19/h2-8H,9H2,1H3,(H3,18,19). The Morgan fingerprint density at radius 2 is 2.00 bits per heavy atom. The van der Waals surface area contributed by atoms with Crippen LogP contribution in [0, 0.1) is 18.2 Å². The second-order valence-corrected chi connectivity index (χ2v) is 4.93. The number of amidine groups is 1. The van der Waals surface area contributed by atoms with Crippen LogP contribution in [0.1, 0.15) is 17.0 Å². The van der Waals surface area contributed by atoms with Crippen LogP contribution in [0.5, 0.6) is 0 Å². The second kappa shape index (κ2) is 5.01. The van der Waals surface area contributed by atoms with Gasteiger partial charge in [-0.2, -0.15) is 0 Å². The zero-order valence-corrected chi connectivity index (χ0v) is 11.6. The molecule has 0 radical (unpaired) electrons. The minimum absolute atomic E-state index is 0.134. The van der Waals surface area contributed by atoms with E-state index in [0.717, 1.165) is 16.9 Å². The van der Waals surface area contributed by atoms with Gasteiger partial charge in [0.05, 0.1) is 23.1 Å². The fourth-order valence-corrected chi connectivity index (χ4v) is 2.48. The van der Waals surface area contributed by atoms with Crippen molar-refractivity contribution in [2.24, 2.45) is 5.73 Å². The van der Waals surface area contributed by atoms with Crippen molar-refractivity contribution in [3.05, 3.63) is 65.2 Å². The molecule has 1 aromatic heterocycles. The molecule has 3 N–H and O–H groups in total. The normalized spacial score (nSPS) is 11.0. The van der Waals surface area contributed by atoms with Gasteiger partial charge in [-0.15, -0.1) is 0 Å². The Morgan fingerprint density at radius 3 is 2.76 bits per heavy atom. The van der Waals surface area contributed by atoms with Crippen molar-refractivity contribution in [1.82, 2.24) is 9.55 Å². The van der Waals surface area contributed by atoms with Crippen LogP contribution >= 0.6 is 0 Å². The molecule has 5 heteroatoms. The highest BCUT2D eigenvalue weighted by atomic mass is 19.1. The van der Waals surface area contributed by atoms with Crippen molar-refractivity contribution in [3.8, 4) is 0 Å². The Kier molecular flexibility index (Phi) is 3.17. The zero-order valence-electron chi connectivity index (χ0n) is 11.6. The molecule has 0 aliphatic rings. The number of para-hydroxylation sites is 2. The van der Waals surface area contributed by atoms with E-state index in [9.17, 15) is 4.39 Å². The fraction of sp³-hybridized carbons (Fsp3) is 0.125. The Balaban J connectivity index is 2.09. The van der Waals surface area contributed by atoms with E-state index in [0.29, 0.717) is 12.1 Å².